The molecule has 172 valence electrons. The summed E-state index contributed by atoms with van der Waals surface area (Å²) in [6.07, 6.45) is 2.80. The normalized spacial score (nSPS) is 16.1. The lowest BCUT2D eigenvalue weighted by molar-refractivity contribution is -0.122. The SMILES string of the molecule is Cc1ccc(Cn2ccccc2=NC(=O)C2CCN(S(=O)(=O)c3ccc(Cl)cc3)CC2)cc1. The first kappa shape index (κ1) is 23.4. The van der Waals surface area contributed by atoms with Crippen LogP contribution in [0.1, 0.15) is 24.0 Å². The van der Waals surface area contributed by atoms with Gasteiger partial charge in [-0.3, -0.25) is 4.79 Å². The molecule has 3 aromatic rings. The van der Waals surface area contributed by atoms with Crippen molar-refractivity contribution in [1.82, 2.24) is 8.87 Å². The van der Waals surface area contributed by atoms with Crippen molar-refractivity contribution in [3.05, 3.63) is 94.6 Å². The second kappa shape index (κ2) is 10.0. The summed E-state index contributed by atoms with van der Waals surface area (Å²) in [6.45, 7) is 3.24. The minimum Gasteiger partial charge on any atom is -0.328 e. The molecule has 1 aliphatic heterocycles. The van der Waals surface area contributed by atoms with Crippen molar-refractivity contribution >= 4 is 27.5 Å². The predicted octanol–water partition coefficient (Wildman–Crippen LogP) is 4.03. The molecule has 0 unspecified atom stereocenters. The summed E-state index contributed by atoms with van der Waals surface area (Å²) >= 11 is 5.87. The van der Waals surface area contributed by atoms with Crippen LogP contribution in [0.3, 0.4) is 0 Å². The Kier molecular flexibility index (Phi) is 7.12. The Labute approximate surface area is 199 Å². The van der Waals surface area contributed by atoms with E-state index < -0.39 is 10.0 Å². The van der Waals surface area contributed by atoms with Gasteiger partial charge in [-0.05, 0) is 61.7 Å². The Hall–Kier alpha value is -2.74. The van der Waals surface area contributed by atoms with Gasteiger partial charge in [0.05, 0.1) is 4.90 Å². The first-order chi connectivity index (χ1) is 15.8. The van der Waals surface area contributed by atoms with Crippen LogP contribution in [0.25, 0.3) is 0 Å². The summed E-state index contributed by atoms with van der Waals surface area (Å²) in [5.74, 6) is -0.503. The van der Waals surface area contributed by atoms with E-state index in [4.69, 9.17) is 11.6 Å². The number of aromatic nitrogens is 1. The van der Waals surface area contributed by atoms with Crippen LogP contribution < -0.4 is 5.49 Å². The van der Waals surface area contributed by atoms with Crippen LogP contribution in [0.4, 0.5) is 0 Å². The molecule has 0 spiro atoms. The Balaban J connectivity index is 1.45. The molecule has 0 atom stereocenters. The molecule has 1 aromatic heterocycles. The van der Waals surface area contributed by atoms with E-state index in [1.165, 1.54) is 22.0 Å². The average molecular weight is 484 g/mol. The lowest BCUT2D eigenvalue weighted by Crippen LogP contribution is -2.40. The first-order valence-corrected chi connectivity index (χ1v) is 12.7. The zero-order chi connectivity index (χ0) is 23.4. The first-order valence-electron chi connectivity index (χ1n) is 10.9. The van der Waals surface area contributed by atoms with Crippen molar-refractivity contribution in [3.63, 3.8) is 0 Å². The molecule has 6 nitrogen and oxygen atoms in total. The smallest absolute Gasteiger partial charge is 0.250 e. The van der Waals surface area contributed by atoms with Gasteiger partial charge in [-0.2, -0.15) is 9.30 Å². The number of carbonyl (C=O) groups excluding carboxylic acids is 1. The predicted molar refractivity (Wildman–Crippen MR) is 128 cm³/mol. The van der Waals surface area contributed by atoms with Crippen molar-refractivity contribution < 1.29 is 13.2 Å². The Morgan fingerprint density at radius 2 is 1.67 bits per heavy atom. The second-order valence-corrected chi connectivity index (χ2v) is 10.6. The maximum atomic E-state index is 12.9. The van der Waals surface area contributed by atoms with Crippen molar-refractivity contribution in [3.8, 4) is 0 Å². The number of carbonyl (C=O) groups is 1. The third-order valence-corrected chi connectivity index (χ3v) is 8.03. The monoisotopic (exact) mass is 483 g/mol. The number of benzene rings is 2. The van der Waals surface area contributed by atoms with E-state index in [2.05, 4.69) is 29.3 Å². The van der Waals surface area contributed by atoms with Crippen LogP contribution in [0.2, 0.25) is 5.02 Å². The van der Waals surface area contributed by atoms with Gasteiger partial charge in [0.15, 0.2) is 0 Å². The molecule has 0 bridgehead atoms. The molecule has 0 saturated carbocycles. The fourth-order valence-electron chi connectivity index (χ4n) is 3.90. The van der Waals surface area contributed by atoms with Gasteiger partial charge in [0, 0.05) is 36.8 Å². The zero-order valence-electron chi connectivity index (χ0n) is 18.4. The van der Waals surface area contributed by atoms with Gasteiger partial charge in [0.25, 0.3) is 5.91 Å². The fourth-order valence-corrected chi connectivity index (χ4v) is 5.49. The van der Waals surface area contributed by atoms with Gasteiger partial charge in [-0.1, -0.05) is 47.5 Å². The number of amides is 1. The van der Waals surface area contributed by atoms with Crippen LogP contribution in [-0.2, 0) is 21.4 Å². The van der Waals surface area contributed by atoms with Crippen LogP contribution in [0, 0.1) is 12.8 Å². The summed E-state index contributed by atoms with van der Waals surface area (Å²) in [7, 11) is -3.60. The van der Waals surface area contributed by atoms with Crippen molar-refractivity contribution in [2.75, 3.05) is 13.1 Å². The lowest BCUT2D eigenvalue weighted by Gasteiger charge is -2.29. The number of halogens is 1. The molecule has 1 saturated heterocycles. The molecule has 2 heterocycles. The number of aryl methyl sites for hydroxylation is 1. The molecule has 0 radical (unpaired) electrons. The van der Waals surface area contributed by atoms with Crippen LogP contribution in [-0.4, -0.2) is 36.3 Å². The maximum Gasteiger partial charge on any atom is 0.250 e. The zero-order valence-corrected chi connectivity index (χ0v) is 20.0. The number of piperidine rings is 1. The van der Waals surface area contributed by atoms with Gasteiger partial charge >= 0.3 is 0 Å². The van der Waals surface area contributed by atoms with Crippen LogP contribution in [0.5, 0.6) is 0 Å². The largest absolute Gasteiger partial charge is 0.328 e. The van der Waals surface area contributed by atoms with Crippen LogP contribution >= 0.6 is 11.6 Å². The number of sulfonamides is 1. The highest BCUT2D eigenvalue weighted by Crippen LogP contribution is 2.25. The summed E-state index contributed by atoms with van der Waals surface area (Å²) in [5, 5.41) is 0.486. The Morgan fingerprint density at radius 3 is 2.33 bits per heavy atom. The Morgan fingerprint density at radius 1 is 1.00 bits per heavy atom. The highest BCUT2D eigenvalue weighted by atomic mass is 35.5. The molecular weight excluding hydrogens is 458 g/mol. The minimum atomic E-state index is -3.60. The van der Waals surface area contributed by atoms with Gasteiger partial charge in [0.2, 0.25) is 10.0 Å². The Bertz CT molecular complexity index is 1290. The summed E-state index contributed by atoms with van der Waals surface area (Å²) in [5.41, 5.74) is 2.92. The third kappa shape index (κ3) is 5.61. The molecule has 33 heavy (non-hydrogen) atoms. The molecule has 1 aliphatic rings. The number of hydrogen-bond donors (Lipinski definition) is 0. The average Bonchev–Trinajstić information content (AvgIpc) is 2.82. The number of hydrogen-bond acceptors (Lipinski definition) is 3. The van der Waals surface area contributed by atoms with E-state index in [-0.39, 0.29) is 29.8 Å². The van der Waals surface area contributed by atoms with Gasteiger partial charge < -0.3 is 4.57 Å². The quantitative estimate of drug-likeness (QED) is 0.550. The van der Waals surface area contributed by atoms with E-state index in [1.807, 2.05) is 35.9 Å². The molecular formula is C25H26ClN3O3S. The van der Waals surface area contributed by atoms with E-state index in [0.717, 1.165) is 5.56 Å². The molecule has 1 fully saturated rings. The minimum absolute atomic E-state index is 0.206. The van der Waals surface area contributed by atoms with Crippen molar-refractivity contribution in [1.29, 1.82) is 0 Å². The lowest BCUT2D eigenvalue weighted by atomic mass is 9.97. The van der Waals surface area contributed by atoms with Crippen LogP contribution in [0.15, 0.2) is 82.8 Å². The number of nitrogens with zero attached hydrogens (tertiary/aromatic N) is 3. The van der Waals surface area contributed by atoms with Gasteiger partial charge in [-0.15, -0.1) is 0 Å². The fraction of sp³-hybridized carbons (Fsp3) is 0.280. The van der Waals surface area contributed by atoms with E-state index in [0.29, 0.717) is 29.9 Å². The summed E-state index contributed by atoms with van der Waals surface area (Å²) < 4.78 is 29.1. The molecule has 2 aromatic carbocycles. The number of rotatable bonds is 5. The maximum absolute atomic E-state index is 12.9. The second-order valence-electron chi connectivity index (χ2n) is 8.25. The van der Waals surface area contributed by atoms with E-state index in [9.17, 15) is 13.2 Å². The van der Waals surface area contributed by atoms with E-state index >= 15 is 0 Å². The molecule has 4 rings (SSSR count). The molecule has 1 amide bonds. The van der Waals surface area contributed by atoms with Crippen molar-refractivity contribution in [2.24, 2.45) is 10.9 Å². The van der Waals surface area contributed by atoms with Crippen molar-refractivity contribution in [2.45, 2.75) is 31.2 Å². The van der Waals surface area contributed by atoms with E-state index in [1.54, 1.807) is 12.1 Å². The standard InChI is InChI=1S/C25H26ClN3O3S/c1-19-5-7-20(8-6-19)18-28-15-3-2-4-24(28)27-25(30)21-13-16-29(17-14-21)33(31,32)23-11-9-22(26)10-12-23/h2-12,15,21H,13-14,16-18H2,1H3. The summed E-state index contributed by atoms with van der Waals surface area (Å²) in [4.78, 5) is 17.5. The van der Waals surface area contributed by atoms with Gasteiger partial charge in [0.1, 0.15) is 5.49 Å². The third-order valence-electron chi connectivity index (χ3n) is 5.87. The topological polar surface area (TPSA) is 71.7 Å². The number of pyridine rings is 1. The summed E-state index contributed by atoms with van der Waals surface area (Å²) in [6, 6.07) is 20.0. The highest BCUT2D eigenvalue weighted by molar-refractivity contribution is 7.89. The molecule has 8 heteroatoms. The van der Waals surface area contributed by atoms with Gasteiger partial charge in [-0.25, -0.2) is 8.42 Å². The highest BCUT2D eigenvalue weighted by Gasteiger charge is 2.32. The molecule has 0 aliphatic carbocycles. The molecule has 0 N–H and O–H groups in total.